The summed E-state index contributed by atoms with van der Waals surface area (Å²) in [5.74, 6) is 0.799. The van der Waals surface area contributed by atoms with Crippen LogP contribution in [0.25, 0.3) is 11.3 Å². The highest BCUT2D eigenvalue weighted by molar-refractivity contribution is 6.06. The molecule has 2 aliphatic rings. The molecule has 0 unspecified atom stereocenters. The Morgan fingerprint density at radius 2 is 1.62 bits per heavy atom. The van der Waals surface area contributed by atoms with E-state index in [9.17, 15) is 9.59 Å². The summed E-state index contributed by atoms with van der Waals surface area (Å²) < 4.78 is 5.52. The summed E-state index contributed by atoms with van der Waals surface area (Å²) in [4.78, 5) is 31.8. The second-order valence-corrected chi connectivity index (χ2v) is 8.70. The van der Waals surface area contributed by atoms with Gasteiger partial charge in [0, 0.05) is 32.2 Å². The van der Waals surface area contributed by atoms with Crippen LogP contribution in [0.1, 0.15) is 24.0 Å². The Kier molecular flexibility index (Phi) is 5.31. The number of likely N-dealkylation sites (N-methyl/N-ethyl adjacent to an activating group) is 1. The molecule has 6 heteroatoms. The quantitative estimate of drug-likeness (QED) is 0.565. The molecule has 2 saturated heterocycles. The van der Waals surface area contributed by atoms with Gasteiger partial charge in [0.2, 0.25) is 0 Å². The Morgan fingerprint density at radius 3 is 2.34 bits per heavy atom. The highest BCUT2D eigenvalue weighted by atomic mass is 16.3. The topological polar surface area (TPSA) is 57.0 Å². The van der Waals surface area contributed by atoms with Gasteiger partial charge in [-0.3, -0.25) is 14.6 Å². The molecule has 0 aliphatic carbocycles. The number of nitrogens with zero attached hydrogens (tertiary/aromatic N) is 3. The molecular weight excluding hydrogens is 402 g/mol. The molecule has 0 saturated carbocycles. The maximum atomic E-state index is 13.4. The Hall–Kier alpha value is -3.38. The molecule has 6 nitrogen and oxygen atoms in total. The second kappa shape index (κ2) is 8.28. The molecule has 3 amide bonds. The van der Waals surface area contributed by atoms with Crippen LogP contribution in [0.4, 0.5) is 4.79 Å². The molecule has 1 spiro atoms. The van der Waals surface area contributed by atoms with Crippen LogP contribution in [0.3, 0.4) is 0 Å². The highest BCUT2D eigenvalue weighted by Gasteiger charge is 2.56. The fourth-order valence-corrected chi connectivity index (χ4v) is 4.91. The number of carbonyl (C=O) groups is 2. The van der Waals surface area contributed by atoms with Gasteiger partial charge in [-0.25, -0.2) is 4.79 Å². The lowest BCUT2D eigenvalue weighted by Crippen LogP contribution is -2.55. The maximum Gasteiger partial charge on any atom is 0.327 e. The van der Waals surface area contributed by atoms with E-state index in [-0.39, 0.29) is 11.9 Å². The van der Waals surface area contributed by atoms with E-state index in [4.69, 9.17) is 4.42 Å². The average Bonchev–Trinajstić information content (AvgIpc) is 3.42. The highest BCUT2D eigenvalue weighted by Crippen LogP contribution is 2.37. The van der Waals surface area contributed by atoms with E-state index in [0.29, 0.717) is 19.4 Å². The summed E-state index contributed by atoms with van der Waals surface area (Å²) in [5, 5.41) is 0. The Balaban J connectivity index is 1.26. The van der Waals surface area contributed by atoms with Crippen LogP contribution >= 0.6 is 0 Å². The number of benzene rings is 2. The first kappa shape index (κ1) is 20.5. The lowest BCUT2D eigenvalue weighted by atomic mass is 9.86. The number of rotatable bonds is 5. The van der Waals surface area contributed by atoms with Crippen LogP contribution in [-0.2, 0) is 17.9 Å². The van der Waals surface area contributed by atoms with Crippen LogP contribution < -0.4 is 0 Å². The van der Waals surface area contributed by atoms with Gasteiger partial charge in [-0.2, -0.15) is 0 Å². The van der Waals surface area contributed by atoms with Crippen molar-refractivity contribution >= 4 is 11.9 Å². The van der Waals surface area contributed by atoms with Crippen molar-refractivity contribution in [2.75, 3.05) is 20.1 Å². The number of hydrogen-bond donors (Lipinski definition) is 0. The largest absolute Gasteiger partial charge is 0.464 e. The summed E-state index contributed by atoms with van der Waals surface area (Å²) in [6.07, 6.45) is 2.98. The van der Waals surface area contributed by atoms with Crippen molar-refractivity contribution < 1.29 is 14.0 Å². The van der Waals surface area contributed by atoms with Crippen molar-refractivity contribution in [2.24, 2.45) is 0 Å². The third-order valence-corrected chi connectivity index (χ3v) is 6.81. The molecule has 3 heterocycles. The Labute approximate surface area is 188 Å². The number of likely N-dealkylation sites (tertiary alicyclic amines) is 1. The van der Waals surface area contributed by atoms with Gasteiger partial charge in [-0.15, -0.1) is 0 Å². The fourth-order valence-electron chi connectivity index (χ4n) is 4.91. The molecule has 0 N–H and O–H groups in total. The number of amides is 3. The molecular formula is C26H27N3O3. The van der Waals surface area contributed by atoms with Crippen molar-refractivity contribution in [1.82, 2.24) is 14.7 Å². The summed E-state index contributed by atoms with van der Waals surface area (Å²) >= 11 is 0. The second-order valence-electron chi connectivity index (χ2n) is 8.70. The first-order valence-corrected chi connectivity index (χ1v) is 11.1. The number of carbonyl (C=O) groups excluding carboxylic acids is 2. The lowest BCUT2D eigenvalue weighted by molar-refractivity contribution is -0.135. The zero-order chi connectivity index (χ0) is 22.1. The third kappa shape index (κ3) is 3.60. The molecule has 5 rings (SSSR count). The van der Waals surface area contributed by atoms with Crippen molar-refractivity contribution in [3.05, 3.63) is 84.1 Å². The molecule has 0 radical (unpaired) electrons. The first-order chi connectivity index (χ1) is 15.6. The molecule has 0 atom stereocenters. The first-order valence-electron chi connectivity index (χ1n) is 11.1. The Morgan fingerprint density at radius 1 is 0.875 bits per heavy atom. The van der Waals surface area contributed by atoms with Gasteiger partial charge in [0.15, 0.2) is 0 Å². The summed E-state index contributed by atoms with van der Waals surface area (Å²) in [6.45, 7) is 2.68. The minimum atomic E-state index is -0.724. The monoisotopic (exact) mass is 429 g/mol. The minimum Gasteiger partial charge on any atom is -0.464 e. The maximum absolute atomic E-state index is 13.4. The van der Waals surface area contributed by atoms with Crippen molar-refractivity contribution in [2.45, 2.75) is 31.5 Å². The van der Waals surface area contributed by atoms with E-state index < -0.39 is 5.54 Å². The number of furan rings is 1. The van der Waals surface area contributed by atoms with E-state index in [2.05, 4.69) is 17.0 Å². The fraction of sp³-hybridized carbons (Fsp3) is 0.308. The third-order valence-electron chi connectivity index (χ3n) is 6.81. The minimum absolute atomic E-state index is 0.0617. The van der Waals surface area contributed by atoms with E-state index in [1.165, 1.54) is 10.5 Å². The van der Waals surface area contributed by atoms with Gasteiger partial charge >= 0.3 is 6.03 Å². The lowest BCUT2D eigenvalue weighted by Gasteiger charge is -2.40. The smallest absolute Gasteiger partial charge is 0.327 e. The van der Waals surface area contributed by atoms with Gasteiger partial charge in [0.05, 0.1) is 12.8 Å². The molecule has 32 heavy (non-hydrogen) atoms. The summed E-state index contributed by atoms with van der Waals surface area (Å²) in [7, 11) is 1.77. The molecule has 2 fully saturated rings. The van der Waals surface area contributed by atoms with Crippen LogP contribution in [0.2, 0.25) is 0 Å². The van der Waals surface area contributed by atoms with Crippen LogP contribution in [0, 0.1) is 0 Å². The van der Waals surface area contributed by atoms with Gasteiger partial charge in [0.1, 0.15) is 11.3 Å². The summed E-state index contributed by atoms with van der Waals surface area (Å²) in [5.41, 5.74) is 2.52. The number of imide groups is 1. The van der Waals surface area contributed by atoms with Crippen LogP contribution in [-0.4, -0.2) is 52.3 Å². The average molecular weight is 430 g/mol. The molecule has 164 valence electrons. The summed E-state index contributed by atoms with van der Waals surface area (Å²) in [6, 6.07) is 21.7. The van der Waals surface area contributed by atoms with E-state index >= 15 is 0 Å². The zero-order valence-corrected chi connectivity index (χ0v) is 18.2. The van der Waals surface area contributed by atoms with Crippen molar-refractivity contribution in [3.8, 4) is 11.3 Å². The van der Waals surface area contributed by atoms with Crippen LogP contribution in [0.15, 0.2) is 77.4 Å². The van der Waals surface area contributed by atoms with Crippen molar-refractivity contribution in [3.63, 3.8) is 0 Å². The standard InChI is InChI=1S/C26H27N3O3/c1-27-25(31)29(19-20-7-3-2-4-8-20)24(30)26(27)12-14-28(15-13-26)18-21-9-5-10-22(17-21)23-11-6-16-32-23/h2-11,16-17H,12-15,18-19H2,1H3. The molecule has 2 aliphatic heterocycles. The molecule has 2 aromatic carbocycles. The normalized spacial score (nSPS) is 18.7. The molecule has 1 aromatic heterocycles. The number of piperidine rings is 1. The van der Waals surface area contributed by atoms with Gasteiger partial charge < -0.3 is 9.32 Å². The predicted octanol–water partition coefficient (Wildman–Crippen LogP) is 4.38. The van der Waals surface area contributed by atoms with Gasteiger partial charge in [-0.05, 0) is 42.2 Å². The van der Waals surface area contributed by atoms with Gasteiger partial charge in [0.25, 0.3) is 5.91 Å². The van der Waals surface area contributed by atoms with Gasteiger partial charge in [-0.1, -0.05) is 48.5 Å². The zero-order valence-electron chi connectivity index (χ0n) is 18.2. The van der Waals surface area contributed by atoms with Crippen LogP contribution in [0.5, 0.6) is 0 Å². The van der Waals surface area contributed by atoms with E-state index in [1.54, 1.807) is 18.2 Å². The van der Waals surface area contributed by atoms with E-state index in [0.717, 1.165) is 36.5 Å². The van der Waals surface area contributed by atoms with E-state index in [1.807, 2.05) is 54.6 Å². The molecule has 0 bridgehead atoms. The SMILES string of the molecule is CN1C(=O)N(Cc2ccccc2)C(=O)C12CCN(Cc1cccc(-c3ccco3)c1)CC2. The molecule has 3 aromatic rings. The predicted molar refractivity (Wildman–Crippen MR) is 122 cm³/mol. The Bertz CT molecular complexity index is 1100. The van der Waals surface area contributed by atoms with Crippen molar-refractivity contribution in [1.29, 1.82) is 0 Å². The number of urea groups is 1. The number of hydrogen-bond acceptors (Lipinski definition) is 4.